The first-order valence-electron chi connectivity index (χ1n) is 9.86. The van der Waals surface area contributed by atoms with E-state index in [0.29, 0.717) is 26.8 Å². The number of nitrogens with zero attached hydrogens (tertiary/aromatic N) is 2. The molecule has 0 atom stereocenters. The van der Waals surface area contributed by atoms with Crippen LogP contribution in [0.15, 0.2) is 77.7 Å². The molecule has 0 unspecified atom stereocenters. The molecule has 0 bridgehead atoms. The van der Waals surface area contributed by atoms with Crippen LogP contribution in [0.4, 0.5) is 10.5 Å². The van der Waals surface area contributed by atoms with Crippen LogP contribution >= 0.6 is 23.4 Å². The summed E-state index contributed by atoms with van der Waals surface area (Å²) in [5.41, 5.74) is 2.05. The van der Waals surface area contributed by atoms with Gasteiger partial charge in [-0.2, -0.15) is 0 Å². The van der Waals surface area contributed by atoms with Crippen molar-refractivity contribution in [2.45, 2.75) is 13.2 Å². The van der Waals surface area contributed by atoms with Gasteiger partial charge in [-0.25, -0.2) is 0 Å². The maximum absolute atomic E-state index is 12.9. The number of halogens is 1. The molecule has 33 heavy (non-hydrogen) atoms. The first kappa shape index (κ1) is 22.6. The van der Waals surface area contributed by atoms with E-state index in [1.807, 2.05) is 0 Å². The van der Waals surface area contributed by atoms with Gasteiger partial charge in [0.25, 0.3) is 16.8 Å². The van der Waals surface area contributed by atoms with Gasteiger partial charge in [0, 0.05) is 22.7 Å². The van der Waals surface area contributed by atoms with Crippen molar-refractivity contribution in [1.82, 2.24) is 4.90 Å². The standard InChI is InChI=1S/C24H17ClN2O5S/c25-19-10-8-16(9-11-19)14-26-23(28)22(33-24(26)29)13-18-5-1-2-7-21(18)32-15-17-4-3-6-20(12-17)27(30)31/h1-13H,14-15H2/b22-13+. The Morgan fingerprint density at radius 1 is 1.00 bits per heavy atom. The molecule has 7 nitrogen and oxygen atoms in total. The lowest BCUT2D eigenvalue weighted by Crippen LogP contribution is -2.27. The van der Waals surface area contributed by atoms with Crippen molar-refractivity contribution >= 4 is 46.3 Å². The van der Waals surface area contributed by atoms with E-state index in [-0.39, 0.29) is 30.0 Å². The number of hydrogen-bond donors (Lipinski definition) is 0. The number of ether oxygens (including phenoxy) is 1. The zero-order valence-corrected chi connectivity index (χ0v) is 18.7. The molecule has 0 spiro atoms. The van der Waals surface area contributed by atoms with Crippen LogP contribution in [0.5, 0.6) is 5.75 Å². The highest BCUT2D eigenvalue weighted by atomic mass is 35.5. The summed E-state index contributed by atoms with van der Waals surface area (Å²) in [5, 5.41) is 11.2. The summed E-state index contributed by atoms with van der Waals surface area (Å²) in [4.78, 5) is 37.3. The van der Waals surface area contributed by atoms with Crippen molar-refractivity contribution in [3.05, 3.63) is 110 Å². The van der Waals surface area contributed by atoms with Crippen LogP contribution in [0, 0.1) is 10.1 Å². The van der Waals surface area contributed by atoms with E-state index in [1.54, 1.807) is 66.7 Å². The molecule has 0 aliphatic carbocycles. The van der Waals surface area contributed by atoms with Crippen molar-refractivity contribution in [3.63, 3.8) is 0 Å². The molecule has 1 saturated heterocycles. The number of hydrogen-bond acceptors (Lipinski definition) is 6. The third-order valence-electron chi connectivity index (χ3n) is 4.85. The predicted octanol–water partition coefficient (Wildman–Crippen LogP) is 6.06. The Morgan fingerprint density at radius 3 is 2.52 bits per heavy atom. The minimum Gasteiger partial charge on any atom is -0.488 e. The Bertz CT molecular complexity index is 1260. The average molecular weight is 481 g/mol. The molecule has 3 aromatic carbocycles. The Morgan fingerprint density at radius 2 is 1.76 bits per heavy atom. The van der Waals surface area contributed by atoms with Crippen molar-refractivity contribution in [2.24, 2.45) is 0 Å². The summed E-state index contributed by atoms with van der Waals surface area (Å²) in [7, 11) is 0. The third-order valence-corrected chi connectivity index (χ3v) is 6.01. The molecule has 1 fully saturated rings. The van der Waals surface area contributed by atoms with E-state index in [4.69, 9.17) is 16.3 Å². The summed E-state index contributed by atoms with van der Waals surface area (Å²) in [6.07, 6.45) is 1.62. The van der Waals surface area contributed by atoms with Gasteiger partial charge in [0.05, 0.1) is 16.4 Å². The highest BCUT2D eigenvalue weighted by molar-refractivity contribution is 8.18. The summed E-state index contributed by atoms with van der Waals surface area (Å²) < 4.78 is 5.87. The van der Waals surface area contributed by atoms with Crippen LogP contribution in [0.2, 0.25) is 5.02 Å². The number of benzene rings is 3. The Hall–Kier alpha value is -3.62. The van der Waals surface area contributed by atoms with Crippen molar-refractivity contribution < 1.29 is 19.2 Å². The maximum Gasteiger partial charge on any atom is 0.293 e. The molecule has 4 rings (SSSR count). The highest BCUT2D eigenvalue weighted by Crippen LogP contribution is 2.35. The van der Waals surface area contributed by atoms with Gasteiger partial charge < -0.3 is 4.74 Å². The molecule has 0 radical (unpaired) electrons. The first-order valence-corrected chi connectivity index (χ1v) is 11.0. The van der Waals surface area contributed by atoms with Crippen molar-refractivity contribution in [3.8, 4) is 5.75 Å². The van der Waals surface area contributed by atoms with Crippen LogP contribution in [0.1, 0.15) is 16.7 Å². The molecule has 0 N–H and O–H groups in total. The van der Waals surface area contributed by atoms with E-state index in [1.165, 1.54) is 17.0 Å². The van der Waals surface area contributed by atoms with Gasteiger partial charge >= 0.3 is 0 Å². The summed E-state index contributed by atoms with van der Waals surface area (Å²) in [6.45, 7) is 0.273. The fourth-order valence-electron chi connectivity index (χ4n) is 3.20. The lowest BCUT2D eigenvalue weighted by molar-refractivity contribution is -0.384. The van der Waals surface area contributed by atoms with E-state index in [2.05, 4.69) is 0 Å². The molecule has 1 heterocycles. The molecule has 2 amide bonds. The predicted molar refractivity (Wildman–Crippen MR) is 127 cm³/mol. The number of imide groups is 1. The van der Waals surface area contributed by atoms with Gasteiger partial charge in [-0.3, -0.25) is 24.6 Å². The van der Waals surface area contributed by atoms with Gasteiger partial charge in [0.2, 0.25) is 0 Å². The van der Waals surface area contributed by atoms with E-state index >= 15 is 0 Å². The van der Waals surface area contributed by atoms with Crippen molar-refractivity contribution in [2.75, 3.05) is 0 Å². The number of nitro groups is 1. The number of nitro benzene ring substituents is 1. The van der Waals surface area contributed by atoms with Crippen LogP contribution in [-0.4, -0.2) is 21.0 Å². The minimum atomic E-state index is -0.461. The number of non-ortho nitro benzene ring substituents is 1. The highest BCUT2D eigenvalue weighted by Gasteiger charge is 2.35. The maximum atomic E-state index is 12.9. The lowest BCUT2D eigenvalue weighted by Gasteiger charge is -2.12. The Kier molecular flexibility index (Phi) is 6.76. The Labute approximate surface area is 198 Å². The normalized spacial score (nSPS) is 14.7. The average Bonchev–Trinajstić information content (AvgIpc) is 3.07. The second-order valence-electron chi connectivity index (χ2n) is 7.15. The SMILES string of the molecule is O=C1S/C(=C/c2ccccc2OCc2cccc([N+](=O)[O-])c2)C(=O)N1Cc1ccc(Cl)cc1. The third kappa shape index (κ3) is 5.42. The van der Waals surface area contributed by atoms with E-state index in [9.17, 15) is 19.7 Å². The van der Waals surface area contributed by atoms with E-state index in [0.717, 1.165) is 17.3 Å². The smallest absolute Gasteiger partial charge is 0.293 e. The van der Waals surface area contributed by atoms with Gasteiger partial charge in [0.15, 0.2) is 0 Å². The fraction of sp³-hybridized carbons (Fsp3) is 0.0833. The van der Waals surface area contributed by atoms with Gasteiger partial charge in [-0.05, 0) is 47.2 Å². The van der Waals surface area contributed by atoms with Crippen LogP contribution in [0.25, 0.3) is 6.08 Å². The van der Waals surface area contributed by atoms with Gasteiger partial charge in [-0.1, -0.05) is 54.1 Å². The molecule has 166 valence electrons. The second kappa shape index (κ2) is 9.89. The van der Waals surface area contributed by atoms with Gasteiger partial charge in [0.1, 0.15) is 12.4 Å². The minimum absolute atomic E-state index is 0.0150. The molecular formula is C24H17ClN2O5S. The molecule has 3 aromatic rings. The molecule has 0 aromatic heterocycles. The van der Waals surface area contributed by atoms with Gasteiger partial charge in [-0.15, -0.1) is 0 Å². The quantitative estimate of drug-likeness (QED) is 0.232. The second-order valence-corrected chi connectivity index (χ2v) is 8.58. The fourth-order valence-corrected chi connectivity index (χ4v) is 4.16. The van der Waals surface area contributed by atoms with E-state index < -0.39 is 4.92 Å². The monoisotopic (exact) mass is 480 g/mol. The number of para-hydroxylation sites is 1. The number of carbonyl (C=O) groups excluding carboxylic acids is 2. The summed E-state index contributed by atoms with van der Waals surface area (Å²) in [5.74, 6) is 0.113. The molecule has 1 aliphatic heterocycles. The molecule has 9 heteroatoms. The zero-order valence-electron chi connectivity index (χ0n) is 17.1. The summed E-state index contributed by atoms with van der Waals surface area (Å²) in [6, 6.07) is 20.2. The van der Waals surface area contributed by atoms with Crippen molar-refractivity contribution in [1.29, 1.82) is 0 Å². The Balaban J connectivity index is 1.50. The van der Waals surface area contributed by atoms with Crippen LogP contribution in [-0.2, 0) is 17.9 Å². The largest absolute Gasteiger partial charge is 0.488 e. The van der Waals surface area contributed by atoms with Crippen LogP contribution < -0.4 is 4.74 Å². The van der Waals surface area contributed by atoms with Crippen LogP contribution in [0.3, 0.4) is 0 Å². The number of amides is 2. The first-order chi connectivity index (χ1) is 15.9. The summed E-state index contributed by atoms with van der Waals surface area (Å²) >= 11 is 6.77. The molecular weight excluding hydrogens is 464 g/mol. The molecule has 1 aliphatic rings. The number of rotatable bonds is 7. The lowest BCUT2D eigenvalue weighted by atomic mass is 10.1. The number of thioether (sulfide) groups is 1. The topological polar surface area (TPSA) is 89.7 Å². The number of carbonyl (C=O) groups is 2. The zero-order chi connectivity index (χ0) is 23.4. The molecule has 0 saturated carbocycles.